The predicted molar refractivity (Wildman–Crippen MR) is 118 cm³/mol. The summed E-state index contributed by atoms with van der Waals surface area (Å²) in [5.41, 5.74) is 1.00. The average molecular weight is 441 g/mol. The Labute approximate surface area is 176 Å². The van der Waals surface area contributed by atoms with Crippen molar-refractivity contribution < 1.29 is 8.42 Å². The Morgan fingerprint density at radius 3 is 2.39 bits per heavy atom. The highest BCUT2D eigenvalue weighted by molar-refractivity contribution is 7.99. The van der Waals surface area contributed by atoms with Crippen molar-refractivity contribution in [2.24, 2.45) is 10.1 Å². The van der Waals surface area contributed by atoms with E-state index in [1.807, 2.05) is 31.2 Å². The molecule has 0 saturated carbocycles. The van der Waals surface area contributed by atoms with Gasteiger partial charge in [-0.3, -0.25) is 4.99 Å². The van der Waals surface area contributed by atoms with Gasteiger partial charge in [-0.05, 0) is 55.3 Å². The van der Waals surface area contributed by atoms with Gasteiger partial charge in [0.25, 0.3) is 0 Å². The van der Waals surface area contributed by atoms with E-state index in [0.29, 0.717) is 13.0 Å². The molecule has 2 rings (SSSR count). The van der Waals surface area contributed by atoms with Crippen molar-refractivity contribution in [3.63, 3.8) is 0 Å². The van der Waals surface area contributed by atoms with Crippen molar-refractivity contribution in [2.75, 3.05) is 25.4 Å². The topological polar surface area (TPSA) is 96.6 Å². The van der Waals surface area contributed by atoms with E-state index in [1.54, 1.807) is 23.9 Å². The second kappa shape index (κ2) is 11.3. The lowest BCUT2D eigenvalue weighted by Crippen LogP contribution is -2.38. The lowest BCUT2D eigenvalue weighted by Gasteiger charge is -2.11. The number of rotatable bonds is 9. The van der Waals surface area contributed by atoms with E-state index >= 15 is 0 Å². The van der Waals surface area contributed by atoms with Crippen molar-refractivity contribution in [2.45, 2.75) is 23.1 Å². The van der Waals surface area contributed by atoms with Crippen LogP contribution in [0.15, 0.2) is 63.3 Å². The van der Waals surface area contributed by atoms with E-state index < -0.39 is 10.0 Å². The zero-order valence-corrected chi connectivity index (χ0v) is 18.1. The Morgan fingerprint density at radius 1 is 1.11 bits per heavy atom. The van der Waals surface area contributed by atoms with Gasteiger partial charge in [0.1, 0.15) is 0 Å². The molecular weight excluding hydrogens is 416 g/mol. The summed E-state index contributed by atoms with van der Waals surface area (Å²) in [6, 6.07) is 14.4. The van der Waals surface area contributed by atoms with Gasteiger partial charge in [-0.15, -0.1) is 11.8 Å². The van der Waals surface area contributed by atoms with Crippen LogP contribution < -0.4 is 15.8 Å². The summed E-state index contributed by atoms with van der Waals surface area (Å²) >= 11 is 7.64. The van der Waals surface area contributed by atoms with Gasteiger partial charge in [0.05, 0.1) is 4.90 Å². The Hall–Kier alpha value is -1.74. The van der Waals surface area contributed by atoms with Gasteiger partial charge in [-0.2, -0.15) is 0 Å². The Balaban J connectivity index is 1.78. The second-order valence-electron chi connectivity index (χ2n) is 5.93. The Kier molecular flexibility index (Phi) is 9.11. The molecule has 0 aliphatic heterocycles. The fraction of sp³-hybridized carbons (Fsp3) is 0.316. The van der Waals surface area contributed by atoms with Crippen LogP contribution >= 0.6 is 23.4 Å². The van der Waals surface area contributed by atoms with Crippen LogP contribution in [0.3, 0.4) is 0 Å². The molecule has 0 bridgehead atoms. The summed E-state index contributed by atoms with van der Waals surface area (Å²) in [5, 5.41) is 12.4. The highest BCUT2D eigenvalue weighted by Gasteiger charge is 2.06. The largest absolute Gasteiger partial charge is 0.357 e. The summed E-state index contributed by atoms with van der Waals surface area (Å²) in [6.45, 7) is 4.17. The maximum absolute atomic E-state index is 11.3. The van der Waals surface area contributed by atoms with Crippen LogP contribution in [0.1, 0.15) is 12.5 Å². The molecule has 9 heteroatoms. The third kappa shape index (κ3) is 8.10. The molecule has 2 aromatic rings. The minimum absolute atomic E-state index is 0.118. The minimum atomic E-state index is -3.65. The highest BCUT2D eigenvalue weighted by Crippen LogP contribution is 2.19. The molecule has 0 amide bonds. The number of hydrogen-bond donors (Lipinski definition) is 3. The molecule has 6 nitrogen and oxygen atoms in total. The molecule has 0 aliphatic rings. The number of nitrogens with one attached hydrogen (secondary N) is 2. The molecular formula is C19H25ClN4O2S2. The summed E-state index contributed by atoms with van der Waals surface area (Å²) in [5.74, 6) is 1.67. The smallest absolute Gasteiger partial charge is 0.238 e. The molecule has 0 fully saturated rings. The van der Waals surface area contributed by atoms with E-state index in [4.69, 9.17) is 16.7 Å². The van der Waals surface area contributed by atoms with E-state index in [2.05, 4.69) is 15.6 Å². The number of thioether (sulfide) groups is 1. The normalized spacial score (nSPS) is 12.0. The van der Waals surface area contributed by atoms with Crippen LogP contribution in [0.2, 0.25) is 5.02 Å². The van der Waals surface area contributed by atoms with Crippen LogP contribution in [0.25, 0.3) is 0 Å². The van der Waals surface area contributed by atoms with Crippen molar-refractivity contribution in [3.05, 3.63) is 59.1 Å². The molecule has 0 aromatic heterocycles. The zero-order valence-electron chi connectivity index (χ0n) is 15.7. The number of nitrogens with zero attached hydrogens (tertiary/aromatic N) is 1. The van der Waals surface area contributed by atoms with Crippen molar-refractivity contribution >= 4 is 39.3 Å². The molecule has 0 heterocycles. The van der Waals surface area contributed by atoms with Gasteiger partial charge < -0.3 is 10.6 Å². The number of primary sulfonamides is 1. The first-order valence-corrected chi connectivity index (χ1v) is 11.8. The van der Waals surface area contributed by atoms with Gasteiger partial charge in [-0.1, -0.05) is 23.7 Å². The second-order valence-corrected chi connectivity index (χ2v) is 9.09. The summed E-state index contributed by atoms with van der Waals surface area (Å²) < 4.78 is 22.6. The van der Waals surface area contributed by atoms with Crippen LogP contribution in [0.5, 0.6) is 0 Å². The molecule has 152 valence electrons. The Bertz CT molecular complexity index is 870. The van der Waals surface area contributed by atoms with E-state index in [0.717, 1.165) is 35.4 Å². The quantitative estimate of drug-likeness (QED) is 0.241. The number of hydrogen-bond acceptors (Lipinski definition) is 4. The van der Waals surface area contributed by atoms with Crippen LogP contribution in [-0.2, 0) is 16.4 Å². The van der Waals surface area contributed by atoms with Crippen LogP contribution in [0, 0.1) is 0 Å². The molecule has 4 N–H and O–H groups in total. The SMILES string of the molecule is CCNC(=NCCc1ccc(S(N)(=O)=O)cc1)NCCSc1ccc(Cl)cc1. The van der Waals surface area contributed by atoms with Gasteiger partial charge in [0.2, 0.25) is 10.0 Å². The van der Waals surface area contributed by atoms with Gasteiger partial charge in [0, 0.05) is 35.3 Å². The fourth-order valence-electron chi connectivity index (χ4n) is 2.35. The zero-order chi connectivity index (χ0) is 20.4. The van der Waals surface area contributed by atoms with E-state index in [1.165, 1.54) is 17.0 Å². The van der Waals surface area contributed by atoms with E-state index in [9.17, 15) is 8.42 Å². The van der Waals surface area contributed by atoms with Gasteiger partial charge in [-0.25, -0.2) is 13.6 Å². The average Bonchev–Trinajstić information content (AvgIpc) is 2.66. The molecule has 0 spiro atoms. The molecule has 0 unspecified atom stereocenters. The van der Waals surface area contributed by atoms with Crippen LogP contribution in [0.4, 0.5) is 0 Å². The van der Waals surface area contributed by atoms with Gasteiger partial charge in [0.15, 0.2) is 5.96 Å². The third-order valence-corrected chi connectivity index (χ3v) is 5.94. The highest BCUT2D eigenvalue weighted by atomic mass is 35.5. The van der Waals surface area contributed by atoms with Crippen molar-refractivity contribution in [1.82, 2.24) is 10.6 Å². The number of aliphatic imine (C=N–C) groups is 1. The Morgan fingerprint density at radius 2 is 1.79 bits per heavy atom. The van der Waals surface area contributed by atoms with Crippen LogP contribution in [-0.4, -0.2) is 39.8 Å². The molecule has 2 aromatic carbocycles. The standard InChI is InChI=1S/C19H25ClN4O2S2/c1-2-22-19(24-13-14-27-17-7-5-16(20)6-8-17)23-12-11-15-3-9-18(10-4-15)28(21,25)26/h3-10H,2,11-14H2,1H3,(H2,21,25,26)(H2,22,23,24). The third-order valence-electron chi connectivity index (χ3n) is 3.74. The first-order chi connectivity index (χ1) is 13.4. The number of sulfonamides is 1. The fourth-order valence-corrected chi connectivity index (χ4v) is 3.76. The number of benzene rings is 2. The van der Waals surface area contributed by atoms with E-state index in [-0.39, 0.29) is 4.90 Å². The molecule has 0 radical (unpaired) electrons. The molecule has 28 heavy (non-hydrogen) atoms. The summed E-state index contributed by atoms with van der Waals surface area (Å²) in [7, 11) is -3.65. The van der Waals surface area contributed by atoms with Gasteiger partial charge >= 0.3 is 0 Å². The predicted octanol–water partition coefficient (Wildman–Crippen LogP) is 2.88. The lowest BCUT2D eigenvalue weighted by atomic mass is 10.1. The van der Waals surface area contributed by atoms with Crippen molar-refractivity contribution in [3.8, 4) is 0 Å². The first-order valence-electron chi connectivity index (χ1n) is 8.91. The summed E-state index contributed by atoms with van der Waals surface area (Å²) in [4.78, 5) is 5.86. The molecule has 0 aliphatic carbocycles. The maximum atomic E-state index is 11.3. The number of guanidine groups is 1. The summed E-state index contributed by atoms with van der Waals surface area (Å²) in [6.07, 6.45) is 0.709. The molecule has 0 saturated heterocycles. The number of nitrogens with two attached hydrogens (primary N) is 1. The molecule has 0 atom stereocenters. The maximum Gasteiger partial charge on any atom is 0.238 e. The minimum Gasteiger partial charge on any atom is -0.357 e. The lowest BCUT2D eigenvalue weighted by molar-refractivity contribution is 0.598. The number of halogens is 1. The monoisotopic (exact) mass is 440 g/mol. The van der Waals surface area contributed by atoms with Crippen molar-refractivity contribution in [1.29, 1.82) is 0 Å². The first kappa shape index (κ1) is 22.5.